The van der Waals surface area contributed by atoms with Crippen molar-refractivity contribution < 1.29 is 0 Å². The fourth-order valence-electron chi connectivity index (χ4n) is 7.00. The monoisotopic (exact) mass is 504 g/mol. The van der Waals surface area contributed by atoms with Gasteiger partial charge in [-0.2, -0.15) is 0 Å². The zero-order chi connectivity index (χ0) is 26.2. The van der Waals surface area contributed by atoms with E-state index in [1.165, 1.54) is 86.2 Å². The molecule has 6 bridgehead atoms. The first kappa shape index (κ1) is 21.7. The van der Waals surface area contributed by atoms with E-state index >= 15 is 0 Å². The molecule has 0 heteroatoms. The van der Waals surface area contributed by atoms with Gasteiger partial charge in [-0.15, -0.1) is 0 Å². The summed E-state index contributed by atoms with van der Waals surface area (Å²) in [6.45, 7) is 0. The number of benzene rings is 8. The van der Waals surface area contributed by atoms with Crippen LogP contribution >= 0.6 is 0 Å². The Labute approximate surface area is 231 Å². The third-order valence-corrected chi connectivity index (χ3v) is 8.79. The highest BCUT2D eigenvalue weighted by Gasteiger charge is 2.13. The van der Waals surface area contributed by atoms with Gasteiger partial charge in [0.1, 0.15) is 0 Å². The molecule has 0 aliphatic carbocycles. The summed E-state index contributed by atoms with van der Waals surface area (Å²) in [6.07, 6.45) is 0. The predicted octanol–water partition coefficient (Wildman–Crippen LogP) is 11.5. The van der Waals surface area contributed by atoms with E-state index in [1.807, 2.05) is 0 Å². The Morgan fingerprint density at radius 1 is 0.200 bits per heavy atom. The molecule has 184 valence electrons. The van der Waals surface area contributed by atoms with Crippen molar-refractivity contribution >= 4 is 86.2 Å². The van der Waals surface area contributed by atoms with Crippen LogP contribution in [-0.4, -0.2) is 0 Å². The van der Waals surface area contributed by atoms with E-state index in [4.69, 9.17) is 0 Å². The average molecular weight is 505 g/mol. The lowest BCUT2D eigenvalue weighted by Crippen LogP contribution is -1.86. The maximum Gasteiger partial charge on any atom is -0.00201 e. The van der Waals surface area contributed by atoms with E-state index < -0.39 is 0 Å². The third kappa shape index (κ3) is 2.96. The molecule has 0 saturated heterocycles. The largest absolute Gasteiger partial charge is 0.0616 e. The quantitative estimate of drug-likeness (QED) is 0.142. The molecule has 0 atom stereocenters. The van der Waals surface area contributed by atoms with Crippen molar-refractivity contribution in [2.45, 2.75) is 0 Å². The van der Waals surface area contributed by atoms with Gasteiger partial charge < -0.3 is 0 Å². The lowest BCUT2D eigenvalue weighted by atomic mass is 9.89. The van der Waals surface area contributed by atoms with E-state index in [1.54, 1.807) is 0 Å². The zero-order valence-corrected chi connectivity index (χ0v) is 21.9. The Kier molecular flexibility index (Phi) is 4.42. The summed E-state index contributed by atoms with van der Waals surface area (Å²) in [6, 6.07) is 54.2. The van der Waals surface area contributed by atoms with Crippen molar-refractivity contribution in [3.05, 3.63) is 146 Å². The van der Waals surface area contributed by atoms with Gasteiger partial charge in [-0.25, -0.2) is 0 Å². The summed E-state index contributed by atoms with van der Waals surface area (Å²) in [5.74, 6) is 0. The van der Waals surface area contributed by atoms with Crippen LogP contribution in [0.1, 0.15) is 0 Å². The molecule has 0 aliphatic heterocycles. The summed E-state index contributed by atoms with van der Waals surface area (Å²) in [7, 11) is 0. The van der Waals surface area contributed by atoms with Crippen molar-refractivity contribution in [3.63, 3.8) is 0 Å². The SMILES string of the molecule is c1ccc2c(c1)c1ccc3ccc4ccc(cc4c3c1)c1ccccc1c1c3ccccc3c2c2ccccc21. The second-order valence-corrected chi connectivity index (χ2v) is 10.9. The van der Waals surface area contributed by atoms with E-state index in [-0.39, 0.29) is 0 Å². The molecule has 0 N–H and O–H groups in total. The molecule has 0 unspecified atom stereocenters. The highest BCUT2D eigenvalue weighted by atomic mass is 14.2. The van der Waals surface area contributed by atoms with E-state index in [0.29, 0.717) is 0 Å². The molecule has 0 aliphatic rings. The molecule has 10 rings (SSSR count). The first-order chi connectivity index (χ1) is 19.8. The topological polar surface area (TPSA) is 0 Å². The fourth-order valence-corrected chi connectivity index (χ4v) is 7.00. The van der Waals surface area contributed by atoms with Crippen LogP contribution < -0.4 is 0 Å². The van der Waals surface area contributed by atoms with Crippen LogP contribution in [0.5, 0.6) is 0 Å². The van der Waals surface area contributed by atoms with Crippen LogP contribution in [0.2, 0.25) is 0 Å². The molecule has 10 aromatic rings. The normalized spacial score (nSPS) is 12.0. The van der Waals surface area contributed by atoms with Gasteiger partial charge in [0.15, 0.2) is 0 Å². The second-order valence-electron chi connectivity index (χ2n) is 10.9. The number of rotatable bonds is 0. The van der Waals surface area contributed by atoms with Gasteiger partial charge in [0, 0.05) is 0 Å². The highest BCUT2D eigenvalue weighted by Crippen LogP contribution is 2.41. The Morgan fingerprint density at radius 2 is 0.450 bits per heavy atom. The molecule has 0 saturated carbocycles. The average Bonchev–Trinajstić information content (AvgIpc) is 3.03. The van der Waals surface area contributed by atoms with Crippen molar-refractivity contribution in [1.82, 2.24) is 0 Å². The van der Waals surface area contributed by atoms with Crippen molar-refractivity contribution in [1.29, 1.82) is 0 Å². The first-order valence-electron chi connectivity index (χ1n) is 13.9. The maximum atomic E-state index is 2.40. The van der Waals surface area contributed by atoms with E-state index in [0.717, 1.165) is 0 Å². The van der Waals surface area contributed by atoms with Crippen LogP contribution in [-0.2, 0) is 0 Å². The van der Waals surface area contributed by atoms with Crippen LogP contribution in [0.4, 0.5) is 0 Å². The van der Waals surface area contributed by atoms with E-state index in [9.17, 15) is 0 Å². The van der Waals surface area contributed by atoms with Crippen molar-refractivity contribution in [2.75, 3.05) is 0 Å². The standard InChI is InChI=1S/C40H24/c1-3-11-31-29(9-1)27-21-19-25-17-18-26-20-22-28(24-38(26)37(25)23-27)30-10-2-4-12-32(30)40-35-15-7-5-13-33(35)39(31)34-14-6-8-16-36(34)40/h1-24H. The molecule has 40 heavy (non-hydrogen) atoms. The first-order valence-corrected chi connectivity index (χ1v) is 13.9. The van der Waals surface area contributed by atoms with Crippen LogP contribution in [0.15, 0.2) is 146 Å². The van der Waals surface area contributed by atoms with Gasteiger partial charge in [0.05, 0.1) is 0 Å². The molecule has 0 aromatic heterocycles. The van der Waals surface area contributed by atoms with Crippen LogP contribution in [0.25, 0.3) is 86.2 Å². The summed E-state index contributed by atoms with van der Waals surface area (Å²) in [5.41, 5.74) is 0. The smallest absolute Gasteiger partial charge is 0.00201 e. The predicted molar refractivity (Wildman–Crippen MR) is 175 cm³/mol. The minimum absolute atomic E-state index is 1.25. The third-order valence-electron chi connectivity index (χ3n) is 8.79. The summed E-state index contributed by atoms with van der Waals surface area (Å²) >= 11 is 0. The number of hydrogen-bond acceptors (Lipinski definition) is 0. The minimum Gasteiger partial charge on any atom is -0.0616 e. The molecule has 0 radical (unpaired) electrons. The summed E-state index contributed by atoms with van der Waals surface area (Å²) < 4.78 is 0. The Balaban J connectivity index is 1.76. The molecular formula is C40H24. The van der Waals surface area contributed by atoms with Gasteiger partial charge in [0.25, 0.3) is 0 Å². The van der Waals surface area contributed by atoms with Crippen molar-refractivity contribution in [2.24, 2.45) is 0 Å². The fraction of sp³-hybridized carbons (Fsp3) is 0. The van der Waals surface area contributed by atoms with Gasteiger partial charge in [-0.1, -0.05) is 133 Å². The summed E-state index contributed by atoms with van der Waals surface area (Å²) in [5, 5.41) is 20.4. The van der Waals surface area contributed by atoms with Gasteiger partial charge >= 0.3 is 0 Å². The number of hydrogen-bond donors (Lipinski definition) is 0. The Morgan fingerprint density at radius 3 is 0.775 bits per heavy atom. The lowest BCUT2D eigenvalue weighted by Gasteiger charge is -2.14. The Hall–Kier alpha value is -5.20. The molecule has 0 nitrogen and oxygen atoms in total. The van der Waals surface area contributed by atoms with Gasteiger partial charge in [-0.3, -0.25) is 0 Å². The van der Waals surface area contributed by atoms with Gasteiger partial charge in [-0.05, 0) is 98.3 Å². The molecule has 0 spiro atoms. The molecular weight excluding hydrogens is 480 g/mol. The molecule has 0 heterocycles. The van der Waals surface area contributed by atoms with E-state index in [2.05, 4.69) is 146 Å². The Bertz CT molecular complexity index is 2300. The van der Waals surface area contributed by atoms with Crippen LogP contribution in [0.3, 0.4) is 0 Å². The molecule has 0 fully saturated rings. The molecule has 0 amide bonds. The van der Waals surface area contributed by atoms with Crippen molar-refractivity contribution in [3.8, 4) is 0 Å². The maximum absolute atomic E-state index is 2.40. The molecule has 10 aromatic carbocycles. The second kappa shape index (κ2) is 8.15. The van der Waals surface area contributed by atoms with Gasteiger partial charge in [0.2, 0.25) is 0 Å². The minimum atomic E-state index is 1.25. The zero-order valence-electron chi connectivity index (χ0n) is 21.9. The summed E-state index contributed by atoms with van der Waals surface area (Å²) in [4.78, 5) is 0. The lowest BCUT2D eigenvalue weighted by molar-refractivity contribution is 1.78. The van der Waals surface area contributed by atoms with Crippen LogP contribution in [0, 0.1) is 0 Å². The highest BCUT2D eigenvalue weighted by molar-refractivity contribution is 6.35.